The zero-order valence-electron chi connectivity index (χ0n) is 8.55. The highest BCUT2D eigenvalue weighted by Gasteiger charge is 2.54. The third-order valence-corrected chi connectivity index (χ3v) is 2.90. The van der Waals surface area contributed by atoms with Crippen molar-refractivity contribution in [3.05, 3.63) is 0 Å². The smallest absolute Gasteiger partial charge is 0.378 e. The monoisotopic (exact) mass is 224 g/mol. The Morgan fingerprint density at radius 1 is 1.14 bits per heavy atom. The lowest BCUT2D eigenvalue weighted by Crippen LogP contribution is -2.41. The summed E-state index contributed by atoms with van der Waals surface area (Å²) >= 11 is 0. The van der Waals surface area contributed by atoms with Crippen molar-refractivity contribution >= 4 is 15.1 Å². The molecule has 1 aliphatic rings. The fraction of sp³-hybridized carbons (Fsp3) is 1.00. The molecule has 1 fully saturated rings. The molecule has 1 heterocycles. The standard InChI is InChI=1S/C6H14BO6P/c1-5(2)6(3,4)12-7(11-5)13-14(8,9)10/h1-4H3,(H2,8,9,10). The second-order valence-corrected chi connectivity index (χ2v) is 5.33. The molecule has 8 heteroatoms. The van der Waals surface area contributed by atoms with Crippen LogP contribution >= 0.6 is 7.82 Å². The highest BCUT2D eigenvalue weighted by Crippen LogP contribution is 2.43. The van der Waals surface area contributed by atoms with Crippen molar-refractivity contribution in [2.75, 3.05) is 0 Å². The molecular weight excluding hydrogens is 210 g/mol. The van der Waals surface area contributed by atoms with E-state index in [1.807, 2.05) is 0 Å². The Labute approximate surface area is 83.0 Å². The lowest BCUT2D eigenvalue weighted by atomic mass is 9.90. The molecule has 0 aromatic rings. The maximum atomic E-state index is 10.5. The molecule has 0 radical (unpaired) electrons. The summed E-state index contributed by atoms with van der Waals surface area (Å²) in [5, 5.41) is 0. The highest BCUT2D eigenvalue weighted by atomic mass is 31.2. The molecule has 2 N–H and O–H groups in total. The summed E-state index contributed by atoms with van der Waals surface area (Å²) in [5.41, 5.74) is -1.32. The molecule has 82 valence electrons. The van der Waals surface area contributed by atoms with Gasteiger partial charge in [0.2, 0.25) is 0 Å². The van der Waals surface area contributed by atoms with Crippen LogP contribution in [0.5, 0.6) is 0 Å². The molecule has 14 heavy (non-hydrogen) atoms. The second kappa shape index (κ2) is 3.30. The first-order valence-corrected chi connectivity index (χ1v) is 5.66. The number of rotatable bonds is 2. The van der Waals surface area contributed by atoms with Gasteiger partial charge in [0.05, 0.1) is 11.2 Å². The quantitative estimate of drug-likeness (QED) is 0.529. The van der Waals surface area contributed by atoms with E-state index in [0.717, 1.165) is 0 Å². The van der Waals surface area contributed by atoms with Crippen LogP contribution in [0.3, 0.4) is 0 Å². The van der Waals surface area contributed by atoms with Gasteiger partial charge in [0.25, 0.3) is 0 Å². The van der Waals surface area contributed by atoms with Gasteiger partial charge in [-0.1, -0.05) is 0 Å². The molecule has 1 saturated heterocycles. The Balaban J connectivity index is 2.69. The molecule has 0 aromatic carbocycles. The zero-order valence-corrected chi connectivity index (χ0v) is 9.45. The van der Waals surface area contributed by atoms with Gasteiger partial charge < -0.3 is 19.1 Å². The van der Waals surface area contributed by atoms with Crippen LogP contribution < -0.4 is 0 Å². The molecule has 0 saturated carbocycles. The van der Waals surface area contributed by atoms with E-state index in [9.17, 15) is 4.57 Å². The summed E-state index contributed by atoms with van der Waals surface area (Å²) < 4.78 is 25.2. The van der Waals surface area contributed by atoms with Gasteiger partial charge in [-0.25, -0.2) is 4.57 Å². The third-order valence-electron chi connectivity index (χ3n) is 2.46. The molecule has 0 aliphatic carbocycles. The maximum Gasteiger partial charge on any atom is 0.649 e. The van der Waals surface area contributed by atoms with Crippen molar-refractivity contribution in [1.82, 2.24) is 0 Å². The largest absolute Gasteiger partial charge is 0.649 e. The summed E-state index contributed by atoms with van der Waals surface area (Å²) in [6.07, 6.45) is 0. The molecular formula is C6H14BO6P. The zero-order chi connectivity index (χ0) is 11.2. The maximum absolute atomic E-state index is 10.5. The fourth-order valence-corrected chi connectivity index (χ4v) is 1.25. The normalized spacial score (nSPS) is 25.4. The second-order valence-electron chi connectivity index (χ2n) is 4.14. The van der Waals surface area contributed by atoms with Crippen LogP contribution in [-0.2, 0) is 18.3 Å². The summed E-state index contributed by atoms with van der Waals surface area (Å²) in [6.45, 7) is 7.04. The molecule has 0 atom stereocenters. The van der Waals surface area contributed by atoms with E-state index in [1.54, 1.807) is 27.7 Å². The third kappa shape index (κ3) is 2.56. The molecule has 0 amide bonds. The van der Waals surface area contributed by atoms with Crippen LogP contribution in [0, 0.1) is 0 Å². The van der Waals surface area contributed by atoms with Gasteiger partial charge in [0.1, 0.15) is 0 Å². The molecule has 1 aliphatic heterocycles. The predicted octanol–water partition coefficient (Wildman–Crippen LogP) is 0.685. The van der Waals surface area contributed by atoms with E-state index in [2.05, 4.69) is 4.44 Å². The van der Waals surface area contributed by atoms with Gasteiger partial charge in [-0.15, -0.1) is 0 Å². The van der Waals surface area contributed by atoms with E-state index < -0.39 is 26.3 Å². The highest BCUT2D eigenvalue weighted by molar-refractivity contribution is 7.47. The number of hydrogen-bond donors (Lipinski definition) is 2. The molecule has 0 spiro atoms. The van der Waals surface area contributed by atoms with Crippen molar-refractivity contribution in [3.8, 4) is 0 Å². The Morgan fingerprint density at radius 2 is 1.50 bits per heavy atom. The van der Waals surface area contributed by atoms with Crippen molar-refractivity contribution in [2.45, 2.75) is 38.9 Å². The Morgan fingerprint density at radius 3 is 1.79 bits per heavy atom. The van der Waals surface area contributed by atoms with Crippen LogP contribution in [0.2, 0.25) is 0 Å². The van der Waals surface area contributed by atoms with E-state index in [1.165, 1.54) is 0 Å². The number of hydrogen-bond acceptors (Lipinski definition) is 4. The van der Waals surface area contributed by atoms with Crippen LogP contribution in [0.4, 0.5) is 0 Å². The van der Waals surface area contributed by atoms with Crippen molar-refractivity contribution in [2.24, 2.45) is 0 Å². The molecule has 0 unspecified atom stereocenters. The first-order valence-electron chi connectivity index (χ1n) is 4.13. The van der Waals surface area contributed by atoms with Gasteiger partial charge in [-0.2, -0.15) is 0 Å². The average molecular weight is 224 g/mol. The van der Waals surface area contributed by atoms with E-state index in [4.69, 9.17) is 19.1 Å². The lowest BCUT2D eigenvalue weighted by Gasteiger charge is -2.31. The van der Waals surface area contributed by atoms with Crippen molar-refractivity contribution < 1.29 is 28.1 Å². The minimum Gasteiger partial charge on any atom is -0.378 e. The Bertz CT molecular complexity index is 255. The molecule has 0 bridgehead atoms. The summed E-state index contributed by atoms with van der Waals surface area (Å²) in [5.74, 6) is 0. The van der Waals surface area contributed by atoms with Gasteiger partial charge in [-0.3, -0.25) is 4.44 Å². The van der Waals surface area contributed by atoms with E-state index in [0.29, 0.717) is 0 Å². The van der Waals surface area contributed by atoms with Crippen LogP contribution in [0.15, 0.2) is 0 Å². The Hall–Kier alpha value is 0.0949. The first kappa shape index (κ1) is 12.2. The van der Waals surface area contributed by atoms with Gasteiger partial charge in [-0.05, 0) is 27.7 Å². The van der Waals surface area contributed by atoms with Gasteiger partial charge in [0.15, 0.2) is 0 Å². The van der Waals surface area contributed by atoms with Crippen LogP contribution in [-0.4, -0.2) is 28.3 Å². The summed E-state index contributed by atoms with van der Waals surface area (Å²) in [6, 6.07) is 0. The minimum absolute atomic E-state index is 0.660. The van der Waals surface area contributed by atoms with Crippen molar-refractivity contribution in [1.29, 1.82) is 0 Å². The van der Waals surface area contributed by atoms with E-state index >= 15 is 0 Å². The fourth-order valence-electron chi connectivity index (χ4n) is 0.944. The van der Waals surface area contributed by atoms with E-state index in [-0.39, 0.29) is 0 Å². The average Bonchev–Trinajstić information content (AvgIpc) is 1.94. The molecule has 1 rings (SSSR count). The SMILES string of the molecule is CC1(C)OB(OP(=O)(O)O)OC1(C)C. The van der Waals surface area contributed by atoms with Crippen LogP contribution in [0.1, 0.15) is 27.7 Å². The predicted molar refractivity (Wildman–Crippen MR) is 49.2 cm³/mol. The summed E-state index contributed by atoms with van der Waals surface area (Å²) in [7, 11) is -5.90. The van der Waals surface area contributed by atoms with Crippen molar-refractivity contribution in [3.63, 3.8) is 0 Å². The Kier molecular flexibility index (Phi) is 2.87. The van der Waals surface area contributed by atoms with Gasteiger partial charge in [0, 0.05) is 0 Å². The van der Waals surface area contributed by atoms with Gasteiger partial charge >= 0.3 is 15.1 Å². The topological polar surface area (TPSA) is 85.2 Å². The lowest BCUT2D eigenvalue weighted by molar-refractivity contribution is 0.00578. The number of phosphoric acid groups is 1. The minimum atomic E-state index is -4.58. The molecule has 0 aromatic heterocycles. The van der Waals surface area contributed by atoms with Crippen LogP contribution in [0.25, 0.3) is 0 Å². The summed E-state index contributed by atoms with van der Waals surface area (Å²) in [4.78, 5) is 17.1. The molecule has 6 nitrogen and oxygen atoms in total. The first-order chi connectivity index (χ1) is 6.04.